The van der Waals surface area contributed by atoms with E-state index in [1.54, 1.807) is 0 Å². The average molecular weight is 284 g/mol. The molecule has 1 aromatic rings. The maximum atomic E-state index is 13.1. The molecule has 4 nitrogen and oxygen atoms in total. The fourth-order valence-electron chi connectivity index (χ4n) is 2.27. The van der Waals surface area contributed by atoms with Gasteiger partial charge in [0.25, 0.3) is 0 Å². The van der Waals surface area contributed by atoms with E-state index >= 15 is 0 Å². The molecule has 0 spiro atoms. The van der Waals surface area contributed by atoms with Crippen molar-refractivity contribution >= 4 is 5.91 Å². The Morgan fingerprint density at radius 2 is 1.85 bits per heavy atom. The monoisotopic (exact) mass is 284 g/mol. The molecule has 0 atom stereocenters. The number of hydrogen-bond acceptors (Lipinski definition) is 3. The molecule has 1 heterocycles. The normalized spacial score (nSPS) is 14.8. The zero-order valence-corrected chi connectivity index (χ0v) is 11.2. The molecule has 0 aromatic heterocycles. The van der Waals surface area contributed by atoms with Gasteiger partial charge >= 0.3 is 0 Å². The minimum atomic E-state index is -0.977. The van der Waals surface area contributed by atoms with Crippen LogP contribution in [0.5, 0.6) is 5.75 Å². The smallest absolute Gasteiger partial charge is 0.223 e. The highest BCUT2D eigenvalue weighted by Gasteiger charge is 2.17. The van der Waals surface area contributed by atoms with E-state index in [1.807, 2.05) is 4.90 Å². The third kappa shape index (κ3) is 3.66. The van der Waals surface area contributed by atoms with Crippen LogP contribution < -0.4 is 5.32 Å². The van der Waals surface area contributed by atoms with Crippen molar-refractivity contribution in [2.75, 3.05) is 19.6 Å². The zero-order chi connectivity index (χ0) is 14.5. The lowest BCUT2D eigenvalue weighted by Gasteiger charge is -2.15. The summed E-state index contributed by atoms with van der Waals surface area (Å²) in [5.74, 6) is -2.80. The van der Waals surface area contributed by atoms with Gasteiger partial charge in [-0.1, -0.05) is 0 Å². The number of nitrogens with zero attached hydrogens (tertiary/aromatic N) is 1. The van der Waals surface area contributed by atoms with Crippen LogP contribution in [-0.2, 0) is 11.3 Å². The van der Waals surface area contributed by atoms with Gasteiger partial charge in [-0.15, -0.1) is 0 Å². The summed E-state index contributed by atoms with van der Waals surface area (Å²) in [6, 6.07) is 2.15. The van der Waals surface area contributed by atoms with Gasteiger partial charge in [-0.2, -0.15) is 0 Å². The van der Waals surface area contributed by atoms with Crippen LogP contribution in [0.4, 0.5) is 8.78 Å². The van der Waals surface area contributed by atoms with Crippen LogP contribution in [-0.4, -0.2) is 35.5 Å². The number of phenols is 1. The third-order valence-corrected chi connectivity index (χ3v) is 3.38. The predicted molar refractivity (Wildman–Crippen MR) is 70.2 cm³/mol. The van der Waals surface area contributed by atoms with Crippen molar-refractivity contribution in [1.82, 2.24) is 10.2 Å². The number of likely N-dealkylation sites (tertiary alicyclic amines) is 1. The number of carbonyl (C=O) groups excluding carboxylic acids is 1. The number of halogens is 2. The highest BCUT2D eigenvalue weighted by molar-refractivity contribution is 5.76. The molecule has 2 N–H and O–H groups in total. The maximum absolute atomic E-state index is 13.1. The number of amides is 1. The minimum Gasteiger partial charge on any atom is -0.503 e. The molecule has 1 aliphatic heterocycles. The number of rotatable bonds is 5. The molecule has 0 unspecified atom stereocenters. The van der Waals surface area contributed by atoms with Crippen molar-refractivity contribution in [2.45, 2.75) is 25.8 Å². The Hall–Kier alpha value is -1.69. The number of hydrogen-bond donors (Lipinski definition) is 2. The van der Waals surface area contributed by atoms with Crippen LogP contribution in [0.1, 0.15) is 24.8 Å². The maximum Gasteiger partial charge on any atom is 0.223 e. The number of phenolic OH excluding ortho intramolecular Hbond substituents is 1. The van der Waals surface area contributed by atoms with Gasteiger partial charge in [0.05, 0.1) is 0 Å². The Morgan fingerprint density at radius 3 is 2.45 bits per heavy atom. The van der Waals surface area contributed by atoms with Crippen molar-refractivity contribution in [1.29, 1.82) is 0 Å². The zero-order valence-electron chi connectivity index (χ0n) is 11.2. The van der Waals surface area contributed by atoms with Crippen LogP contribution >= 0.6 is 0 Å². The summed E-state index contributed by atoms with van der Waals surface area (Å²) < 4.78 is 26.2. The summed E-state index contributed by atoms with van der Waals surface area (Å²) in [5.41, 5.74) is 0.395. The Kier molecular flexibility index (Phi) is 4.89. The first kappa shape index (κ1) is 14.7. The summed E-state index contributed by atoms with van der Waals surface area (Å²) in [4.78, 5) is 13.6. The largest absolute Gasteiger partial charge is 0.503 e. The predicted octanol–water partition coefficient (Wildman–Crippen LogP) is 1.77. The van der Waals surface area contributed by atoms with Gasteiger partial charge in [0.15, 0.2) is 17.4 Å². The SMILES string of the molecule is O=C(CCNCc1cc(F)c(O)c(F)c1)N1CCCC1. The molecular formula is C14H18F2N2O2. The molecule has 1 fully saturated rings. The van der Waals surface area contributed by atoms with Crippen molar-refractivity contribution in [2.24, 2.45) is 0 Å². The molecule has 20 heavy (non-hydrogen) atoms. The van der Waals surface area contributed by atoms with E-state index < -0.39 is 17.4 Å². The van der Waals surface area contributed by atoms with E-state index in [1.165, 1.54) is 0 Å². The summed E-state index contributed by atoms with van der Waals surface area (Å²) in [7, 11) is 0. The van der Waals surface area contributed by atoms with E-state index in [0.29, 0.717) is 18.5 Å². The first-order chi connectivity index (χ1) is 9.58. The number of benzene rings is 1. The van der Waals surface area contributed by atoms with E-state index in [4.69, 9.17) is 5.11 Å². The van der Waals surface area contributed by atoms with Gasteiger partial charge in [0.1, 0.15) is 0 Å². The van der Waals surface area contributed by atoms with Gasteiger partial charge in [0.2, 0.25) is 5.91 Å². The Bertz CT molecular complexity index is 465. The van der Waals surface area contributed by atoms with Gasteiger partial charge in [0, 0.05) is 32.6 Å². The number of carbonyl (C=O) groups is 1. The van der Waals surface area contributed by atoms with E-state index in [-0.39, 0.29) is 12.5 Å². The molecule has 1 aliphatic rings. The fourth-order valence-corrected chi connectivity index (χ4v) is 2.27. The lowest BCUT2D eigenvalue weighted by molar-refractivity contribution is -0.130. The molecule has 0 radical (unpaired) electrons. The Balaban J connectivity index is 1.74. The van der Waals surface area contributed by atoms with Gasteiger partial charge < -0.3 is 15.3 Å². The van der Waals surface area contributed by atoms with Crippen LogP contribution in [0.15, 0.2) is 12.1 Å². The molecule has 0 bridgehead atoms. The summed E-state index contributed by atoms with van der Waals surface area (Å²) in [6.07, 6.45) is 2.50. The highest BCUT2D eigenvalue weighted by Crippen LogP contribution is 2.21. The molecule has 1 saturated heterocycles. The van der Waals surface area contributed by atoms with Gasteiger partial charge in [-0.05, 0) is 30.5 Å². The molecular weight excluding hydrogens is 266 g/mol. The molecule has 6 heteroatoms. The van der Waals surface area contributed by atoms with Gasteiger partial charge in [-0.25, -0.2) is 8.78 Å². The standard InChI is InChI=1S/C14H18F2N2O2/c15-11-7-10(8-12(16)14(11)20)9-17-4-3-13(19)18-5-1-2-6-18/h7-8,17,20H,1-6,9H2. The highest BCUT2D eigenvalue weighted by atomic mass is 19.1. The molecule has 1 aromatic carbocycles. The second-order valence-corrected chi connectivity index (χ2v) is 4.92. The summed E-state index contributed by atoms with van der Waals surface area (Å²) >= 11 is 0. The number of nitrogens with one attached hydrogen (secondary N) is 1. The van der Waals surface area contributed by atoms with Crippen molar-refractivity contribution in [3.63, 3.8) is 0 Å². The second-order valence-electron chi connectivity index (χ2n) is 4.92. The van der Waals surface area contributed by atoms with Crippen molar-refractivity contribution in [3.8, 4) is 5.75 Å². The quantitative estimate of drug-likeness (QED) is 0.810. The van der Waals surface area contributed by atoms with Crippen LogP contribution in [0.3, 0.4) is 0 Å². The molecule has 1 amide bonds. The lowest BCUT2D eigenvalue weighted by Crippen LogP contribution is -2.30. The third-order valence-electron chi connectivity index (χ3n) is 3.38. The van der Waals surface area contributed by atoms with Crippen LogP contribution in [0.2, 0.25) is 0 Å². The first-order valence-electron chi connectivity index (χ1n) is 6.73. The lowest BCUT2D eigenvalue weighted by atomic mass is 10.2. The Morgan fingerprint density at radius 1 is 1.25 bits per heavy atom. The summed E-state index contributed by atoms with van der Waals surface area (Å²) in [6.45, 7) is 2.36. The Labute approximate surface area is 116 Å². The average Bonchev–Trinajstić information content (AvgIpc) is 2.94. The summed E-state index contributed by atoms with van der Waals surface area (Å²) in [5, 5.41) is 11.9. The molecule has 0 saturated carbocycles. The molecule has 0 aliphatic carbocycles. The van der Waals surface area contributed by atoms with E-state index in [9.17, 15) is 13.6 Å². The van der Waals surface area contributed by atoms with E-state index in [0.717, 1.165) is 38.1 Å². The minimum absolute atomic E-state index is 0.109. The van der Waals surface area contributed by atoms with E-state index in [2.05, 4.69) is 5.32 Å². The number of aromatic hydroxyl groups is 1. The molecule has 110 valence electrons. The topological polar surface area (TPSA) is 52.6 Å². The van der Waals surface area contributed by atoms with Crippen LogP contribution in [0, 0.1) is 11.6 Å². The van der Waals surface area contributed by atoms with Crippen molar-refractivity contribution < 1.29 is 18.7 Å². The van der Waals surface area contributed by atoms with Gasteiger partial charge in [-0.3, -0.25) is 4.79 Å². The van der Waals surface area contributed by atoms with Crippen LogP contribution in [0.25, 0.3) is 0 Å². The first-order valence-corrected chi connectivity index (χ1v) is 6.73. The van der Waals surface area contributed by atoms with Crippen molar-refractivity contribution in [3.05, 3.63) is 29.3 Å². The second kappa shape index (κ2) is 6.65. The fraction of sp³-hybridized carbons (Fsp3) is 0.500. The molecule has 2 rings (SSSR count).